The van der Waals surface area contributed by atoms with Crippen molar-refractivity contribution in [2.75, 3.05) is 13.6 Å². The van der Waals surface area contributed by atoms with Crippen LogP contribution in [-0.2, 0) is 4.79 Å². The van der Waals surface area contributed by atoms with Gasteiger partial charge in [0.2, 0.25) is 0 Å². The summed E-state index contributed by atoms with van der Waals surface area (Å²) in [5.41, 5.74) is 2.16. The molecular formula is C13H15N3O3S. The third-order valence-electron chi connectivity index (χ3n) is 2.99. The van der Waals surface area contributed by atoms with Crippen molar-refractivity contribution < 1.29 is 14.7 Å². The number of carbonyl (C=O) groups is 2. The van der Waals surface area contributed by atoms with Crippen molar-refractivity contribution in [1.29, 1.82) is 0 Å². The third kappa shape index (κ3) is 2.57. The summed E-state index contributed by atoms with van der Waals surface area (Å²) in [6.45, 7) is 3.40. The summed E-state index contributed by atoms with van der Waals surface area (Å²) in [5, 5.41) is 11.4. The maximum absolute atomic E-state index is 12.3. The molecule has 7 heteroatoms. The first kappa shape index (κ1) is 14.3. The number of hydrogen-bond donors (Lipinski definition) is 1. The maximum atomic E-state index is 12.3. The van der Waals surface area contributed by atoms with Gasteiger partial charge in [-0.3, -0.25) is 14.2 Å². The molecule has 0 spiro atoms. The highest BCUT2D eigenvalue weighted by Crippen LogP contribution is 2.23. The van der Waals surface area contributed by atoms with Crippen molar-refractivity contribution in [2.24, 2.45) is 0 Å². The molecule has 2 aromatic heterocycles. The first-order valence-electron chi connectivity index (χ1n) is 5.98. The molecule has 6 nitrogen and oxygen atoms in total. The summed E-state index contributed by atoms with van der Waals surface area (Å²) >= 11 is 1.48. The summed E-state index contributed by atoms with van der Waals surface area (Å²) in [6, 6.07) is 1.76. The smallest absolute Gasteiger partial charge is 0.323 e. The predicted octanol–water partition coefficient (Wildman–Crippen LogP) is 1.71. The van der Waals surface area contributed by atoms with Crippen LogP contribution in [0.3, 0.4) is 0 Å². The van der Waals surface area contributed by atoms with E-state index in [1.165, 1.54) is 23.3 Å². The van der Waals surface area contributed by atoms with Crippen LogP contribution in [0.1, 0.15) is 21.7 Å². The van der Waals surface area contributed by atoms with Gasteiger partial charge in [0.1, 0.15) is 6.54 Å². The lowest BCUT2D eigenvalue weighted by Crippen LogP contribution is -2.32. The fourth-order valence-corrected chi connectivity index (χ4v) is 2.83. The number of likely N-dealkylation sites (N-methyl/N-ethyl adjacent to an activating group) is 1. The summed E-state index contributed by atoms with van der Waals surface area (Å²) < 4.78 is 1.90. The van der Waals surface area contributed by atoms with Crippen molar-refractivity contribution in [3.8, 4) is 5.13 Å². The molecule has 1 amide bonds. The zero-order valence-electron chi connectivity index (χ0n) is 11.5. The Labute approximate surface area is 120 Å². The maximum Gasteiger partial charge on any atom is 0.323 e. The number of aryl methyl sites for hydroxylation is 1. The van der Waals surface area contributed by atoms with Crippen LogP contribution in [0.25, 0.3) is 5.13 Å². The van der Waals surface area contributed by atoms with Crippen molar-refractivity contribution in [2.45, 2.75) is 13.8 Å². The highest BCUT2D eigenvalue weighted by Gasteiger charge is 2.21. The second-order valence-corrected chi connectivity index (χ2v) is 5.36. The van der Waals surface area contributed by atoms with E-state index in [4.69, 9.17) is 5.11 Å². The second kappa shape index (κ2) is 5.46. The summed E-state index contributed by atoms with van der Waals surface area (Å²) in [7, 11) is 1.48. The number of hydrogen-bond acceptors (Lipinski definition) is 4. The molecular weight excluding hydrogens is 278 g/mol. The van der Waals surface area contributed by atoms with Crippen LogP contribution in [-0.4, -0.2) is 45.0 Å². The van der Waals surface area contributed by atoms with Crippen LogP contribution in [0.5, 0.6) is 0 Å². The average molecular weight is 293 g/mol. The van der Waals surface area contributed by atoms with Gasteiger partial charge in [-0.15, -0.1) is 11.3 Å². The molecule has 1 N–H and O–H groups in total. The zero-order chi connectivity index (χ0) is 14.9. The molecule has 0 saturated heterocycles. The molecule has 0 aliphatic rings. The van der Waals surface area contributed by atoms with Gasteiger partial charge in [0, 0.05) is 30.0 Å². The lowest BCUT2D eigenvalue weighted by molar-refractivity contribution is -0.137. The van der Waals surface area contributed by atoms with E-state index < -0.39 is 5.97 Å². The zero-order valence-corrected chi connectivity index (χ0v) is 12.3. The minimum atomic E-state index is -1.03. The highest BCUT2D eigenvalue weighted by molar-refractivity contribution is 7.12. The van der Waals surface area contributed by atoms with Gasteiger partial charge in [-0.2, -0.15) is 0 Å². The summed E-state index contributed by atoms with van der Waals surface area (Å²) in [4.78, 5) is 28.4. The number of thiazole rings is 1. The van der Waals surface area contributed by atoms with Crippen LogP contribution in [0.4, 0.5) is 0 Å². The molecule has 2 aromatic rings. The van der Waals surface area contributed by atoms with Crippen molar-refractivity contribution in [3.63, 3.8) is 0 Å². The van der Waals surface area contributed by atoms with Gasteiger partial charge in [-0.1, -0.05) is 0 Å². The number of aromatic nitrogens is 2. The topological polar surface area (TPSA) is 75.4 Å². The van der Waals surface area contributed by atoms with Gasteiger partial charge in [-0.25, -0.2) is 4.98 Å². The SMILES string of the molecule is Cc1cc(C(=O)N(C)CC(=O)O)c(C)n1-c1nccs1. The minimum absolute atomic E-state index is 0.302. The minimum Gasteiger partial charge on any atom is -0.480 e. The van der Waals surface area contributed by atoms with Gasteiger partial charge >= 0.3 is 5.97 Å². The van der Waals surface area contributed by atoms with E-state index in [0.717, 1.165) is 16.5 Å². The van der Waals surface area contributed by atoms with E-state index in [1.54, 1.807) is 12.3 Å². The molecule has 0 fully saturated rings. The van der Waals surface area contributed by atoms with E-state index in [0.29, 0.717) is 5.56 Å². The second-order valence-electron chi connectivity index (χ2n) is 4.49. The van der Waals surface area contributed by atoms with E-state index in [2.05, 4.69) is 4.98 Å². The average Bonchev–Trinajstić information content (AvgIpc) is 2.96. The molecule has 106 valence electrons. The fraction of sp³-hybridized carbons (Fsp3) is 0.308. The van der Waals surface area contributed by atoms with E-state index in [1.807, 2.05) is 23.8 Å². The molecule has 0 radical (unpaired) electrons. The molecule has 0 atom stereocenters. The van der Waals surface area contributed by atoms with Crippen molar-refractivity contribution >= 4 is 23.2 Å². The molecule has 20 heavy (non-hydrogen) atoms. The normalized spacial score (nSPS) is 10.6. The molecule has 0 saturated carbocycles. The van der Waals surface area contributed by atoms with Crippen LogP contribution in [0.2, 0.25) is 0 Å². The Morgan fingerprint density at radius 3 is 2.70 bits per heavy atom. The van der Waals surface area contributed by atoms with E-state index >= 15 is 0 Å². The quantitative estimate of drug-likeness (QED) is 0.931. The van der Waals surface area contributed by atoms with Crippen LogP contribution >= 0.6 is 11.3 Å². The Balaban J connectivity index is 2.37. The molecule has 0 unspecified atom stereocenters. The van der Waals surface area contributed by atoms with Crippen LogP contribution in [0.15, 0.2) is 17.6 Å². The highest BCUT2D eigenvalue weighted by atomic mass is 32.1. The number of aliphatic carboxylic acids is 1. The van der Waals surface area contributed by atoms with Crippen LogP contribution in [0, 0.1) is 13.8 Å². The number of carboxylic acids is 1. The Morgan fingerprint density at radius 1 is 1.45 bits per heavy atom. The number of nitrogens with zero attached hydrogens (tertiary/aromatic N) is 3. The molecule has 2 rings (SSSR count). The summed E-state index contributed by atoms with van der Waals surface area (Å²) in [5.74, 6) is -1.34. The first-order valence-corrected chi connectivity index (χ1v) is 6.86. The van der Waals surface area contributed by atoms with Gasteiger partial charge in [0.05, 0.1) is 5.56 Å². The van der Waals surface area contributed by atoms with E-state index in [-0.39, 0.29) is 12.5 Å². The Kier molecular flexibility index (Phi) is 3.89. The molecule has 0 aliphatic heterocycles. The molecule has 0 aromatic carbocycles. The number of amides is 1. The Morgan fingerprint density at radius 2 is 2.15 bits per heavy atom. The number of carbonyl (C=O) groups excluding carboxylic acids is 1. The van der Waals surface area contributed by atoms with Gasteiger partial charge < -0.3 is 10.0 Å². The van der Waals surface area contributed by atoms with Crippen LogP contribution < -0.4 is 0 Å². The Hall–Kier alpha value is -2.15. The molecule has 2 heterocycles. The lowest BCUT2D eigenvalue weighted by Gasteiger charge is -2.14. The largest absolute Gasteiger partial charge is 0.480 e. The van der Waals surface area contributed by atoms with Gasteiger partial charge in [0.25, 0.3) is 5.91 Å². The third-order valence-corrected chi connectivity index (χ3v) is 3.75. The molecule has 0 aliphatic carbocycles. The monoisotopic (exact) mass is 293 g/mol. The van der Waals surface area contributed by atoms with Gasteiger partial charge in [-0.05, 0) is 19.9 Å². The van der Waals surface area contributed by atoms with Crippen molar-refractivity contribution in [3.05, 3.63) is 34.6 Å². The van der Waals surface area contributed by atoms with Crippen molar-refractivity contribution in [1.82, 2.24) is 14.5 Å². The van der Waals surface area contributed by atoms with E-state index in [9.17, 15) is 9.59 Å². The number of rotatable bonds is 4. The van der Waals surface area contributed by atoms with Gasteiger partial charge in [0.15, 0.2) is 5.13 Å². The standard InChI is InChI=1S/C13H15N3O3S/c1-8-6-10(12(19)15(3)7-11(17)18)9(2)16(8)13-14-4-5-20-13/h4-6H,7H2,1-3H3,(H,17,18). The first-order chi connectivity index (χ1) is 9.41. The lowest BCUT2D eigenvalue weighted by atomic mass is 10.2. The summed E-state index contributed by atoms with van der Waals surface area (Å²) in [6.07, 6.45) is 1.71. The predicted molar refractivity (Wildman–Crippen MR) is 75.5 cm³/mol. The number of carboxylic acid groups (broad SMARTS) is 1. The fourth-order valence-electron chi connectivity index (χ4n) is 2.08. The Bertz CT molecular complexity index is 646. The molecule has 0 bridgehead atoms.